The summed E-state index contributed by atoms with van der Waals surface area (Å²) in [5, 5.41) is 3.37. The van der Waals surface area contributed by atoms with Crippen LogP contribution < -0.4 is 5.32 Å². The maximum atomic E-state index is 14.0. The number of unbranched alkanes of at least 4 members (excludes halogenated alkanes) is 3. The molecular weight excluding hydrogens is 855 g/mol. The third-order valence-electron chi connectivity index (χ3n) is 13.5. The van der Waals surface area contributed by atoms with Crippen LogP contribution in [0.15, 0.2) is 212 Å². The normalized spacial score (nSPS) is 13.7. The average molecular weight is 922 g/mol. The molecule has 0 saturated carbocycles. The summed E-state index contributed by atoms with van der Waals surface area (Å²) in [5.74, 6) is 2.05. The van der Waals surface area contributed by atoms with Crippen LogP contribution in [0, 0.1) is 0 Å². The summed E-state index contributed by atoms with van der Waals surface area (Å²) in [5.41, 5.74) is 8.87. The minimum Gasteiger partial charge on any atom is -0.354 e. The Morgan fingerprint density at radius 3 is 1.30 bits per heavy atom. The predicted octanol–water partition coefficient (Wildman–Crippen LogP) is 13.3. The fraction of sp³-hybridized carbons (Fsp3) is 0.295. The molecule has 1 fully saturated rings. The van der Waals surface area contributed by atoms with Crippen LogP contribution in [0.5, 0.6) is 0 Å². The van der Waals surface area contributed by atoms with Crippen molar-refractivity contribution in [1.82, 2.24) is 15.1 Å². The Morgan fingerprint density at radius 2 is 0.866 bits per heavy atom. The summed E-state index contributed by atoms with van der Waals surface area (Å²) in [6.07, 6.45) is 7.40. The Bertz CT molecular complexity index is 2260. The second-order valence-corrected chi connectivity index (χ2v) is 20.3. The molecular formula is C61H67N3OS2. The first-order chi connectivity index (χ1) is 33.1. The van der Waals surface area contributed by atoms with Crippen molar-refractivity contribution in [3.05, 3.63) is 251 Å². The van der Waals surface area contributed by atoms with E-state index < -0.39 is 4.75 Å². The van der Waals surface area contributed by atoms with Crippen molar-refractivity contribution in [2.45, 2.75) is 53.9 Å². The molecule has 0 aromatic heterocycles. The van der Waals surface area contributed by atoms with Gasteiger partial charge in [0.05, 0.1) is 15.2 Å². The van der Waals surface area contributed by atoms with E-state index in [4.69, 9.17) is 0 Å². The van der Waals surface area contributed by atoms with Crippen molar-refractivity contribution in [1.29, 1.82) is 0 Å². The van der Waals surface area contributed by atoms with Gasteiger partial charge >= 0.3 is 0 Å². The highest BCUT2D eigenvalue weighted by molar-refractivity contribution is 8.01. The maximum Gasteiger partial charge on any atom is 0.230 e. The lowest BCUT2D eigenvalue weighted by atomic mass is 9.84. The van der Waals surface area contributed by atoms with Crippen LogP contribution >= 0.6 is 23.5 Å². The number of nitrogens with one attached hydrogen (secondary N) is 1. The van der Waals surface area contributed by atoms with Gasteiger partial charge in [-0.3, -0.25) is 4.79 Å². The topological polar surface area (TPSA) is 35.6 Å². The van der Waals surface area contributed by atoms with Crippen LogP contribution in [0.3, 0.4) is 0 Å². The smallest absolute Gasteiger partial charge is 0.230 e. The SMILES string of the molecule is O=C(CSC(c1ccccc1)(c1ccccc1)c1ccccc1)NCCN(CCCCCCN1CCC(c2ccccc2)CC1)CCSC(c1ccccc1)(c1ccccc1)c1ccccc1. The predicted molar refractivity (Wildman–Crippen MR) is 286 cm³/mol. The molecule has 344 valence electrons. The Morgan fingerprint density at radius 1 is 0.478 bits per heavy atom. The van der Waals surface area contributed by atoms with Gasteiger partial charge in [0.25, 0.3) is 0 Å². The van der Waals surface area contributed by atoms with E-state index in [0.717, 1.165) is 31.8 Å². The summed E-state index contributed by atoms with van der Waals surface area (Å²) >= 11 is 3.73. The Labute approximate surface area is 409 Å². The molecule has 0 unspecified atom stereocenters. The number of amides is 1. The minimum absolute atomic E-state index is 0.0653. The second-order valence-electron chi connectivity index (χ2n) is 17.8. The monoisotopic (exact) mass is 921 g/mol. The van der Waals surface area contributed by atoms with E-state index >= 15 is 0 Å². The lowest BCUT2D eigenvalue weighted by molar-refractivity contribution is -0.118. The third kappa shape index (κ3) is 12.6. The Kier molecular flexibility index (Phi) is 18.0. The van der Waals surface area contributed by atoms with E-state index in [1.165, 1.54) is 90.7 Å². The van der Waals surface area contributed by atoms with E-state index in [-0.39, 0.29) is 10.7 Å². The molecule has 1 amide bonds. The van der Waals surface area contributed by atoms with Crippen LogP contribution in [0.25, 0.3) is 0 Å². The van der Waals surface area contributed by atoms with Crippen LogP contribution in [-0.4, -0.2) is 73.0 Å². The highest BCUT2D eigenvalue weighted by Gasteiger charge is 2.38. The zero-order valence-corrected chi connectivity index (χ0v) is 40.6. The highest BCUT2D eigenvalue weighted by Crippen LogP contribution is 2.49. The van der Waals surface area contributed by atoms with Crippen molar-refractivity contribution < 1.29 is 4.79 Å². The fourth-order valence-electron chi connectivity index (χ4n) is 10.0. The molecule has 0 spiro atoms. The Hall–Kier alpha value is -5.37. The van der Waals surface area contributed by atoms with Gasteiger partial charge < -0.3 is 15.1 Å². The number of hydrogen-bond acceptors (Lipinski definition) is 5. The van der Waals surface area contributed by atoms with Crippen molar-refractivity contribution in [2.75, 3.05) is 57.3 Å². The molecule has 67 heavy (non-hydrogen) atoms. The number of rotatable bonds is 24. The first-order valence-corrected chi connectivity index (χ1v) is 26.5. The number of carbonyl (C=O) groups is 1. The molecule has 4 nitrogen and oxygen atoms in total. The van der Waals surface area contributed by atoms with Gasteiger partial charge in [-0.15, -0.1) is 23.5 Å². The number of carbonyl (C=O) groups excluding carboxylic acids is 1. The van der Waals surface area contributed by atoms with E-state index in [9.17, 15) is 4.79 Å². The summed E-state index contributed by atoms with van der Waals surface area (Å²) < 4.78 is -0.898. The second kappa shape index (κ2) is 25.1. The zero-order valence-electron chi connectivity index (χ0n) is 39.0. The molecule has 1 saturated heterocycles. The number of nitrogens with zero attached hydrogens (tertiary/aromatic N) is 2. The first-order valence-electron chi connectivity index (χ1n) is 24.5. The number of piperidine rings is 1. The van der Waals surface area contributed by atoms with Crippen molar-refractivity contribution in [3.8, 4) is 0 Å². The molecule has 1 aliphatic heterocycles. The van der Waals surface area contributed by atoms with Gasteiger partial charge in [0.15, 0.2) is 0 Å². The number of likely N-dealkylation sites (tertiary alicyclic amines) is 1. The molecule has 8 rings (SSSR count). The van der Waals surface area contributed by atoms with Gasteiger partial charge in [-0.05, 0) is 96.7 Å². The number of thioether (sulfide) groups is 2. The van der Waals surface area contributed by atoms with E-state index in [2.05, 4.69) is 227 Å². The minimum atomic E-state index is -0.536. The van der Waals surface area contributed by atoms with Gasteiger partial charge in [-0.25, -0.2) is 0 Å². The van der Waals surface area contributed by atoms with E-state index in [1.807, 2.05) is 11.8 Å². The fourth-order valence-corrected chi connectivity index (χ4v) is 12.9. The van der Waals surface area contributed by atoms with Gasteiger partial charge in [-0.2, -0.15) is 0 Å². The molecule has 1 aliphatic rings. The Balaban J connectivity index is 0.920. The molecule has 1 N–H and O–H groups in total. The highest BCUT2D eigenvalue weighted by atomic mass is 32.2. The molecule has 6 heteroatoms. The zero-order chi connectivity index (χ0) is 45.8. The van der Waals surface area contributed by atoms with Crippen molar-refractivity contribution in [2.24, 2.45) is 0 Å². The lowest BCUT2D eigenvalue weighted by Crippen LogP contribution is -2.38. The molecule has 7 aromatic rings. The van der Waals surface area contributed by atoms with E-state index in [1.54, 1.807) is 11.8 Å². The third-order valence-corrected chi connectivity index (χ3v) is 16.6. The molecule has 0 aliphatic carbocycles. The van der Waals surface area contributed by atoms with Crippen LogP contribution in [0.4, 0.5) is 0 Å². The van der Waals surface area contributed by atoms with Gasteiger partial charge in [0.1, 0.15) is 0 Å². The molecule has 0 bridgehead atoms. The molecule has 0 radical (unpaired) electrons. The average Bonchev–Trinajstić information content (AvgIpc) is 3.41. The van der Waals surface area contributed by atoms with Crippen LogP contribution in [0.1, 0.15) is 83.4 Å². The quantitative estimate of drug-likeness (QED) is 0.0483. The summed E-state index contributed by atoms with van der Waals surface area (Å²) in [4.78, 5) is 19.3. The van der Waals surface area contributed by atoms with Crippen LogP contribution in [0.2, 0.25) is 0 Å². The number of benzene rings is 7. The molecule has 7 aromatic carbocycles. The standard InChI is InChI=1S/C61H67N3OS2/c65-59(50-67-61(56-34-18-7-19-35-56,57-36-20-8-21-37-57)58-38-22-9-23-39-58)62-42-47-64(44-25-2-1-24-43-63-45-40-52(41-46-63)51-26-10-3-11-27-51)48-49-66-60(53-28-12-4-13-29-53,54-30-14-5-15-31-54)55-32-16-6-17-33-55/h3-23,26-39,52H,1-2,24-25,40-50H2,(H,62,65). The van der Waals surface area contributed by atoms with Crippen LogP contribution in [-0.2, 0) is 14.3 Å². The summed E-state index contributed by atoms with van der Waals surface area (Å²) in [6, 6.07) is 76.1. The van der Waals surface area contributed by atoms with Crippen molar-refractivity contribution >= 4 is 29.4 Å². The van der Waals surface area contributed by atoms with Gasteiger partial charge in [-0.1, -0.05) is 225 Å². The largest absolute Gasteiger partial charge is 0.354 e. The van der Waals surface area contributed by atoms with Gasteiger partial charge in [0, 0.05) is 25.4 Å². The lowest BCUT2D eigenvalue weighted by Gasteiger charge is -2.36. The molecule has 0 atom stereocenters. The first kappa shape index (κ1) is 48.1. The molecule has 1 heterocycles. The summed E-state index contributed by atoms with van der Waals surface area (Å²) in [7, 11) is 0. The number of hydrogen-bond donors (Lipinski definition) is 1. The summed E-state index contributed by atoms with van der Waals surface area (Å²) in [6.45, 7) is 6.98. The maximum absolute atomic E-state index is 14.0. The van der Waals surface area contributed by atoms with E-state index in [0.29, 0.717) is 18.2 Å². The van der Waals surface area contributed by atoms with Gasteiger partial charge in [0.2, 0.25) is 5.91 Å². The van der Waals surface area contributed by atoms with Crippen molar-refractivity contribution in [3.63, 3.8) is 0 Å².